The second-order valence-electron chi connectivity index (χ2n) is 4.47. The zero-order valence-electron chi connectivity index (χ0n) is 10.4. The van der Waals surface area contributed by atoms with E-state index < -0.39 is 5.91 Å². The van der Waals surface area contributed by atoms with Crippen LogP contribution in [0.4, 0.5) is 0 Å². The molecule has 1 aliphatic carbocycles. The van der Waals surface area contributed by atoms with Gasteiger partial charge in [0, 0.05) is 12.3 Å². The fourth-order valence-corrected chi connectivity index (χ4v) is 1.93. The molecule has 0 heterocycles. The van der Waals surface area contributed by atoms with Crippen molar-refractivity contribution in [3.8, 4) is 11.5 Å². The third-order valence-corrected chi connectivity index (χ3v) is 2.99. The summed E-state index contributed by atoms with van der Waals surface area (Å²) in [4.78, 5) is 11.7. The highest BCUT2D eigenvalue weighted by molar-refractivity contribution is 5.97. The average molecular weight is 260 g/mol. The van der Waals surface area contributed by atoms with Crippen molar-refractivity contribution < 1.29 is 15.0 Å². The van der Waals surface area contributed by atoms with Crippen molar-refractivity contribution >= 4 is 12.1 Å². The second kappa shape index (κ2) is 6.04. The zero-order chi connectivity index (χ0) is 13.7. The summed E-state index contributed by atoms with van der Waals surface area (Å²) >= 11 is 0. The van der Waals surface area contributed by atoms with Crippen LogP contribution in [0.5, 0.6) is 11.5 Å². The molecule has 0 unspecified atom stereocenters. The maximum atomic E-state index is 11.7. The summed E-state index contributed by atoms with van der Waals surface area (Å²) in [6, 6.07) is 3.80. The maximum Gasteiger partial charge on any atom is 0.275 e. The number of hydrogen-bond donors (Lipinski definition) is 3. The van der Waals surface area contributed by atoms with Gasteiger partial charge >= 0.3 is 0 Å². The molecule has 19 heavy (non-hydrogen) atoms. The molecule has 1 atom stereocenters. The van der Waals surface area contributed by atoms with E-state index in [0.717, 1.165) is 25.3 Å². The number of hydrogen-bond acceptors (Lipinski definition) is 4. The first-order chi connectivity index (χ1) is 9.16. The van der Waals surface area contributed by atoms with E-state index in [-0.39, 0.29) is 17.1 Å². The van der Waals surface area contributed by atoms with Gasteiger partial charge < -0.3 is 10.2 Å². The topological polar surface area (TPSA) is 81.9 Å². The summed E-state index contributed by atoms with van der Waals surface area (Å²) in [6.07, 6.45) is 8.96. The number of allylic oxidation sites excluding steroid dienone is 2. The van der Waals surface area contributed by atoms with Crippen LogP contribution >= 0.6 is 0 Å². The Morgan fingerprint density at radius 3 is 2.89 bits per heavy atom. The number of aromatic hydroxyl groups is 2. The van der Waals surface area contributed by atoms with E-state index in [9.17, 15) is 9.90 Å². The van der Waals surface area contributed by atoms with Crippen molar-refractivity contribution in [2.24, 2.45) is 11.0 Å². The van der Waals surface area contributed by atoms with Crippen molar-refractivity contribution in [3.05, 3.63) is 35.9 Å². The Balaban J connectivity index is 1.93. The molecule has 0 aliphatic heterocycles. The van der Waals surface area contributed by atoms with Gasteiger partial charge in [-0.2, -0.15) is 5.10 Å². The molecule has 0 fully saturated rings. The normalized spacial score (nSPS) is 18.6. The minimum Gasteiger partial charge on any atom is -0.508 e. The summed E-state index contributed by atoms with van der Waals surface area (Å²) in [5.74, 6) is -0.515. The van der Waals surface area contributed by atoms with Gasteiger partial charge in [-0.05, 0) is 37.3 Å². The molecular formula is C14H16N2O3. The number of carbonyl (C=O) groups is 1. The maximum absolute atomic E-state index is 11.7. The Hall–Kier alpha value is -2.30. The Labute approximate surface area is 111 Å². The molecular weight excluding hydrogens is 244 g/mol. The Bertz CT molecular complexity index is 523. The minimum absolute atomic E-state index is 0.0819. The molecule has 1 aromatic rings. The molecule has 0 spiro atoms. The lowest BCUT2D eigenvalue weighted by Gasteiger charge is -2.11. The number of nitrogens with one attached hydrogen (secondary N) is 1. The molecule has 0 bridgehead atoms. The largest absolute Gasteiger partial charge is 0.508 e. The molecule has 3 N–H and O–H groups in total. The van der Waals surface area contributed by atoms with Gasteiger partial charge in [0.1, 0.15) is 11.5 Å². The highest BCUT2D eigenvalue weighted by Crippen LogP contribution is 2.22. The smallest absolute Gasteiger partial charge is 0.275 e. The molecule has 5 heteroatoms. The number of phenols is 2. The highest BCUT2D eigenvalue weighted by atomic mass is 16.3. The first-order valence-corrected chi connectivity index (χ1v) is 6.17. The molecule has 0 saturated heterocycles. The van der Waals surface area contributed by atoms with E-state index in [1.54, 1.807) is 6.21 Å². The Kier molecular flexibility index (Phi) is 4.18. The standard InChI is InChI=1S/C14H16N2O3/c17-11-6-7-12(13(18)8-11)14(19)16-15-9-10-4-2-1-3-5-10/h1-2,6-10,17-18H,3-5H2,(H,16,19)/b15-9-/t10-/m0/s1. The van der Waals surface area contributed by atoms with E-state index in [1.165, 1.54) is 12.1 Å². The zero-order valence-corrected chi connectivity index (χ0v) is 10.4. The van der Waals surface area contributed by atoms with Crippen LogP contribution in [-0.4, -0.2) is 22.3 Å². The van der Waals surface area contributed by atoms with E-state index in [0.29, 0.717) is 5.92 Å². The number of hydrazone groups is 1. The second-order valence-corrected chi connectivity index (χ2v) is 4.47. The van der Waals surface area contributed by atoms with Crippen LogP contribution in [0, 0.1) is 5.92 Å². The van der Waals surface area contributed by atoms with Gasteiger partial charge in [0.05, 0.1) is 5.56 Å². The van der Waals surface area contributed by atoms with Gasteiger partial charge in [0.2, 0.25) is 0 Å². The molecule has 2 rings (SSSR count). The lowest BCUT2D eigenvalue weighted by molar-refractivity contribution is 0.0952. The summed E-state index contributed by atoms with van der Waals surface area (Å²) in [5, 5.41) is 22.6. The van der Waals surface area contributed by atoms with E-state index >= 15 is 0 Å². The lowest BCUT2D eigenvalue weighted by atomic mass is 9.96. The molecule has 0 radical (unpaired) electrons. The number of benzene rings is 1. The third-order valence-electron chi connectivity index (χ3n) is 2.99. The molecule has 1 aliphatic rings. The lowest BCUT2D eigenvalue weighted by Crippen LogP contribution is -2.18. The fourth-order valence-electron chi connectivity index (χ4n) is 1.93. The van der Waals surface area contributed by atoms with E-state index in [1.807, 2.05) is 0 Å². The first kappa shape index (κ1) is 13.1. The average Bonchev–Trinajstić information content (AvgIpc) is 2.39. The van der Waals surface area contributed by atoms with Crippen molar-refractivity contribution in [1.82, 2.24) is 5.43 Å². The molecule has 1 aromatic carbocycles. The summed E-state index contributed by atoms with van der Waals surface area (Å²) in [7, 11) is 0. The van der Waals surface area contributed by atoms with Crippen LogP contribution < -0.4 is 5.43 Å². The predicted molar refractivity (Wildman–Crippen MR) is 72.2 cm³/mol. The summed E-state index contributed by atoms with van der Waals surface area (Å²) in [5.41, 5.74) is 2.45. The Morgan fingerprint density at radius 2 is 2.21 bits per heavy atom. The molecule has 0 saturated carbocycles. The first-order valence-electron chi connectivity index (χ1n) is 6.17. The van der Waals surface area contributed by atoms with Crippen molar-refractivity contribution in [3.63, 3.8) is 0 Å². The van der Waals surface area contributed by atoms with E-state index in [4.69, 9.17) is 5.11 Å². The summed E-state index contributed by atoms with van der Waals surface area (Å²) in [6.45, 7) is 0. The van der Waals surface area contributed by atoms with Gasteiger partial charge in [-0.15, -0.1) is 0 Å². The molecule has 5 nitrogen and oxygen atoms in total. The van der Waals surface area contributed by atoms with Gasteiger partial charge in [0.25, 0.3) is 5.91 Å². The van der Waals surface area contributed by atoms with E-state index in [2.05, 4.69) is 22.7 Å². The fraction of sp³-hybridized carbons (Fsp3) is 0.286. The van der Waals surface area contributed by atoms with Gasteiger partial charge in [0.15, 0.2) is 0 Å². The molecule has 100 valence electrons. The number of nitrogens with zero attached hydrogens (tertiary/aromatic N) is 1. The SMILES string of the molecule is O=C(N/N=C\[C@H]1CC=CCC1)c1ccc(O)cc1O. The highest BCUT2D eigenvalue weighted by Gasteiger charge is 2.11. The van der Waals surface area contributed by atoms with Crippen LogP contribution in [0.2, 0.25) is 0 Å². The third kappa shape index (κ3) is 3.58. The van der Waals surface area contributed by atoms with Gasteiger partial charge in [-0.1, -0.05) is 12.2 Å². The monoisotopic (exact) mass is 260 g/mol. The van der Waals surface area contributed by atoms with Crippen LogP contribution in [-0.2, 0) is 0 Å². The quantitative estimate of drug-likeness (QED) is 0.442. The number of carbonyl (C=O) groups excluding carboxylic acids is 1. The number of phenolic OH excluding ortho intramolecular Hbond substituents is 2. The van der Waals surface area contributed by atoms with Gasteiger partial charge in [-0.3, -0.25) is 4.79 Å². The number of amides is 1. The van der Waals surface area contributed by atoms with Crippen LogP contribution in [0.3, 0.4) is 0 Å². The molecule has 0 aromatic heterocycles. The van der Waals surface area contributed by atoms with Crippen LogP contribution in [0.25, 0.3) is 0 Å². The van der Waals surface area contributed by atoms with Crippen LogP contribution in [0.15, 0.2) is 35.5 Å². The minimum atomic E-state index is -0.500. The summed E-state index contributed by atoms with van der Waals surface area (Å²) < 4.78 is 0. The Morgan fingerprint density at radius 1 is 1.37 bits per heavy atom. The van der Waals surface area contributed by atoms with Crippen molar-refractivity contribution in [2.75, 3.05) is 0 Å². The van der Waals surface area contributed by atoms with Crippen molar-refractivity contribution in [1.29, 1.82) is 0 Å². The van der Waals surface area contributed by atoms with Crippen LogP contribution in [0.1, 0.15) is 29.6 Å². The van der Waals surface area contributed by atoms with Crippen molar-refractivity contribution in [2.45, 2.75) is 19.3 Å². The predicted octanol–water partition coefficient (Wildman–Crippen LogP) is 2.17. The number of rotatable bonds is 3. The molecule has 1 amide bonds. The van der Waals surface area contributed by atoms with Gasteiger partial charge in [-0.25, -0.2) is 5.43 Å².